The van der Waals surface area contributed by atoms with Crippen molar-refractivity contribution in [1.29, 1.82) is 0 Å². The number of anilines is 3. The van der Waals surface area contributed by atoms with Gasteiger partial charge in [-0.25, -0.2) is 0 Å². The molecule has 11 aromatic carbocycles. The predicted molar refractivity (Wildman–Crippen MR) is 331 cm³/mol. The molecule has 0 bridgehead atoms. The molecule has 2 heteroatoms. The molecule has 1 aromatic heterocycles. The molecule has 2 nitrogen and oxygen atoms in total. The molecule has 2 saturated carbocycles. The van der Waals surface area contributed by atoms with Gasteiger partial charge in [0.25, 0.3) is 0 Å². The van der Waals surface area contributed by atoms with E-state index in [1.807, 2.05) is 0 Å². The van der Waals surface area contributed by atoms with Crippen molar-refractivity contribution in [3.8, 4) is 50.2 Å². The highest BCUT2D eigenvalue weighted by atomic mass is 15.1. The van der Waals surface area contributed by atoms with E-state index in [0.717, 1.165) is 17.1 Å². The molecule has 380 valence electrons. The Bertz CT molecular complexity index is 4050. The second kappa shape index (κ2) is 19.8. The Morgan fingerprint density at radius 1 is 0.329 bits per heavy atom. The lowest BCUT2D eigenvalue weighted by molar-refractivity contribution is 0.724. The van der Waals surface area contributed by atoms with Gasteiger partial charge in [0, 0.05) is 33.4 Å². The van der Waals surface area contributed by atoms with E-state index in [1.54, 1.807) is 0 Å². The van der Waals surface area contributed by atoms with Gasteiger partial charge in [0.1, 0.15) is 0 Å². The van der Waals surface area contributed by atoms with Crippen molar-refractivity contribution in [2.24, 2.45) is 0 Å². The zero-order chi connectivity index (χ0) is 52.3. The quantitative estimate of drug-likeness (QED) is 0.125. The molecule has 15 rings (SSSR count). The lowest BCUT2D eigenvalue weighted by Gasteiger charge is -2.35. The molecule has 0 spiro atoms. The van der Waals surface area contributed by atoms with Crippen molar-refractivity contribution < 1.29 is 0 Å². The fraction of sp³-hybridized carbons (Fsp3) is 0.143. The largest absolute Gasteiger partial charge is 0.310 e. The summed E-state index contributed by atoms with van der Waals surface area (Å²) in [7, 11) is 0. The van der Waals surface area contributed by atoms with E-state index in [4.69, 9.17) is 0 Å². The molecule has 0 amide bonds. The van der Waals surface area contributed by atoms with Gasteiger partial charge in [-0.3, -0.25) is 0 Å². The van der Waals surface area contributed by atoms with Crippen molar-refractivity contribution in [3.63, 3.8) is 0 Å². The van der Waals surface area contributed by atoms with Crippen molar-refractivity contribution in [2.75, 3.05) is 4.90 Å². The minimum absolute atomic E-state index is 0.517. The second-order valence-electron chi connectivity index (χ2n) is 22.5. The maximum absolute atomic E-state index is 2.54. The summed E-state index contributed by atoms with van der Waals surface area (Å²) in [6.45, 7) is 0. The number of hydrogen-bond donors (Lipinski definition) is 0. The molecule has 3 aliphatic carbocycles. The standard InChI is InChI=1S/C77H62N2/c1-4-22-59(23-5-1)67-28-15-17-31-74(67)78(66-46-47-69-68-29-14-16-30-72(68)77(73(69)52-66,62-24-6-2-7-25-62)63-26-8-3-9-27-63)64-42-36-57(37-43-64)55-32-34-56(35-33-55)58-38-44-65(45-39-58)79-75-48-40-60(53-18-10-11-19-53)50-70(75)71-51-61(41-49-76(71)79)54-20-12-13-21-54/h1-9,14-17,22-54H,10-13,18-21H2. The number of rotatable bonds is 11. The average Bonchev–Trinajstić information content (AvgIpc) is 4.36. The monoisotopic (exact) mass is 1010 g/mol. The van der Waals surface area contributed by atoms with Crippen LogP contribution in [0.25, 0.3) is 72.0 Å². The zero-order valence-corrected chi connectivity index (χ0v) is 44.6. The van der Waals surface area contributed by atoms with E-state index in [9.17, 15) is 0 Å². The van der Waals surface area contributed by atoms with Crippen LogP contribution < -0.4 is 4.90 Å². The van der Waals surface area contributed by atoms with Gasteiger partial charge in [-0.15, -0.1) is 0 Å². The fourth-order valence-electron chi connectivity index (χ4n) is 14.4. The van der Waals surface area contributed by atoms with E-state index >= 15 is 0 Å². The van der Waals surface area contributed by atoms with E-state index in [0.29, 0.717) is 11.8 Å². The molecule has 12 aromatic rings. The van der Waals surface area contributed by atoms with Crippen LogP contribution in [-0.2, 0) is 5.41 Å². The van der Waals surface area contributed by atoms with Crippen molar-refractivity contribution in [1.82, 2.24) is 4.57 Å². The van der Waals surface area contributed by atoms with Gasteiger partial charge in [0.15, 0.2) is 0 Å². The van der Waals surface area contributed by atoms with Crippen molar-refractivity contribution in [3.05, 3.63) is 300 Å². The van der Waals surface area contributed by atoms with Gasteiger partial charge in [-0.2, -0.15) is 0 Å². The lowest BCUT2D eigenvalue weighted by atomic mass is 9.67. The SMILES string of the molecule is c1ccc(-c2ccccc2N(c2ccc(-c3ccc(-c4ccc(-n5c6ccc(C7CCCC7)cc6c6cc(C7CCCC7)ccc65)cc4)cc3)cc2)c2ccc3c(c2)C(c2ccccc2)(c2ccccc2)c2ccccc2-3)cc1. The number of hydrogen-bond acceptors (Lipinski definition) is 1. The second-order valence-corrected chi connectivity index (χ2v) is 22.5. The minimum Gasteiger partial charge on any atom is -0.310 e. The summed E-state index contributed by atoms with van der Waals surface area (Å²) in [6.07, 6.45) is 10.7. The van der Waals surface area contributed by atoms with Crippen molar-refractivity contribution >= 4 is 38.9 Å². The van der Waals surface area contributed by atoms with E-state index < -0.39 is 5.41 Å². The minimum atomic E-state index is -0.517. The Labute approximate surface area is 464 Å². The van der Waals surface area contributed by atoms with Crippen LogP contribution in [0.15, 0.2) is 267 Å². The summed E-state index contributed by atoms with van der Waals surface area (Å²) in [5.74, 6) is 1.38. The number of fused-ring (bicyclic) bond motifs is 6. The van der Waals surface area contributed by atoms with Gasteiger partial charge in [0.2, 0.25) is 0 Å². The Balaban J connectivity index is 0.778. The third kappa shape index (κ3) is 8.07. The van der Waals surface area contributed by atoms with Crippen LogP contribution in [0, 0.1) is 0 Å². The molecule has 0 radical (unpaired) electrons. The third-order valence-corrected chi connectivity index (χ3v) is 18.2. The zero-order valence-electron chi connectivity index (χ0n) is 44.6. The normalized spacial score (nSPS) is 14.9. The van der Waals surface area contributed by atoms with E-state index in [2.05, 4.69) is 276 Å². The van der Waals surface area contributed by atoms with Gasteiger partial charge >= 0.3 is 0 Å². The van der Waals surface area contributed by atoms with Crippen molar-refractivity contribution in [2.45, 2.75) is 68.6 Å². The van der Waals surface area contributed by atoms with Crippen LogP contribution >= 0.6 is 0 Å². The summed E-state index contributed by atoms with van der Waals surface area (Å²) in [6, 6.07) is 100. The maximum atomic E-state index is 2.54. The summed E-state index contributed by atoms with van der Waals surface area (Å²) in [5.41, 5.74) is 24.5. The average molecular weight is 1020 g/mol. The van der Waals surface area contributed by atoms with Crippen LogP contribution in [0.1, 0.15) is 96.6 Å². The molecule has 0 aliphatic heterocycles. The smallest absolute Gasteiger partial charge is 0.0714 e. The Kier molecular flexibility index (Phi) is 11.8. The highest BCUT2D eigenvalue weighted by Crippen LogP contribution is 2.57. The summed E-state index contributed by atoms with van der Waals surface area (Å²) in [4.78, 5) is 2.46. The molecule has 0 N–H and O–H groups in total. The van der Waals surface area contributed by atoms with Crippen LogP contribution in [0.4, 0.5) is 17.1 Å². The first kappa shape index (κ1) is 47.3. The highest BCUT2D eigenvalue weighted by molar-refractivity contribution is 6.10. The van der Waals surface area contributed by atoms with Gasteiger partial charge in [-0.05, 0) is 177 Å². The lowest BCUT2D eigenvalue weighted by Crippen LogP contribution is -2.28. The van der Waals surface area contributed by atoms with Gasteiger partial charge < -0.3 is 9.47 Å². The summed E-state index contributed by atoms with van der Waals surface area (Å²) >= 11 is 0. The van der Waals surface area contributed by atoms with Crippen LogP contribution in [0.3, 0.4) is 0 Å². The first-order chi connectivity index (χ1) is 39.2. The molecule has 0 saturated heterocycles. The first-order valence-corrected chi connectivity index (χ1v) is 28.9. The summed E-state index contributed by atoms with van der Waals surface area (Å²) in [5, 5.41) is 2.81. The van der Waals surface area contributed by atoms with E-state index in [-0.39, 0.29) is 0 Å². The number of nitrogens with zero attached hydrogens (tertiary/aromatic N) is 2. The molecule has 0 atom stereocenters. The molecular formula is C77H62N2. The predicted octanol–water partition coefficient (Wildman–Crippen LogP) is 20.9. The Morgan fingerprint density at radius 2 is 0.772 bits per heavy atom. The van der Waals surface area contributed by atoms with Crippen LogP contribution in [0.2, 0.25) is 0 Å². The molecule has 1 heterocycles. The molecule has 3 aliphatic rings. The van der Waals surface area contributed by atoms with Crippen LogP contribution in [0.5, 0.6) is 0 Å². The van der Waals surface area contributed by atoms with Gasteiger partial charge in [-0.1, -0.05) is 226 Å². The number of aromatic nitrogens is 1. The highest BCUT2D eigenvalue weighted by Gasteiger charge is 2.46. The Hall–Kier alpha value is -8.98. The molecular weight excluding hydrogens is 953 g/mol. The molecule has 79 heavy (non-hydrogen) atoms. The number of benzene rings is 11. The van der Waals surface area contributed by atoms with Crippen LogP contribution in [-0.4, -0.2) is 4.57 Å². The molecule has 2 fully saturated rings. The first-order valence-electron chi connectivity index (χ1n) is 28.9. The van der Waals surface area contributed by atoms with Gasteiger partial charge in [0.05, 0.1) is 22.1 Å². The fourth-order valence-corrected chi connectivity index (χ4v) is 14.4. The number of para-hydroxylation sites is 1. The topological polar surface area (TPSA) is 8.17 Å². The molecule has 0 unspecified atom stereocenters. The Morgan fingerprint density at radius 3 is 1.33 bits per heavy atom. The third-order valence-electron chi connectivity index (χ3n) is 18.2. The maximum Gasteiger partial charge on any atom is 0.0714 e. The van der Waals surface area contributed by atoms with E-state index in [1.165, 1.54) is 157 Å². The summed E-state index contributed by atoms with van der Waals surface area (Å²) < 4.78 is 2.51.